The number of hydrogen-bond donors (Lipinski definition) is 0. The van der Waals surface area contributed by atoms with E-state index in [1.807, 2.05) is 13.8 Å². The lowest BCUT2D eigenvalue weighted by atomic mass is 9.97. The van der Waals surface area contributed by atoms with Crippen molar-refractivity contribution < 1.29 is 18.7 Å². The highest BCUT2D eigenvalue weighted by atomic mass is 35.5. The number of benzene rings is 2. The van der Waals surface area contributed by atoms with Crippen molar-refractivity contribution in [2.24, 2.45) is 0 Å². The lowest BCUT2D eigenvalue weighted by Gasteiger charge is -2.20. The third-order valence-electron chi connectivity index (χ3n) is 3.27. The molecule has 0 fully saturated rings. The van der Waals surface area contributed by atoms with Gasteiger partial charge in [0, 0.05) is 29.4 Å². The first kappa shape index (κ1) is 17.6. The zero-order chi connectivity index (χ0) is 16.8. The first-order valence-corrected chi connectivity index (χ1v) is 7.78. The van der Waals surface area contributed by atoms with Gasteiger partial charge in [-0.05, 0) is 44.2 Å². The Morgan fingerprint density at radius 1 is 1.09 bits per heavy atom. The molecule has 0 amide bonds. The first-order chi connectivity index (χ1) is 11.1. The van der Waals surface area contributed by atoms with Crippen molar-refractivity contribution in [1.29, 1.82) is 0 Å². The molecule has 3 nitrogen and oxygen atoms in total. The van der Waals surface area contributed by atoms with E-state index in [-0.39, 0.29) is 5.56 Å². The third-order valence-corrected chi connectivity index (χ3v) is 3.50. The fourth-order valence-corrected chi connectivity index (χ4v) is 2.44. The Bertz CT molecular complexity index is 682. The zero-order valence-corrected chi connectivity index (χ0v) is 13.8. The van der Waals surface area contributed by atoms with Gasteiger partial charge in [0.25, 0.3) is 0 Å². The molecule has 0 radical (unpaired) electrons. The molecule has 23 heavy (non-hydrogen) atoms. The highest BCUT2D eigenvalue weighted by Crippen LogP contribution is 2.28. The number of carbonyl (C=O) groups excluding carboxylic acids is 1. The van der Waals surface area contributed by atoms with Gasteiger partial charge in [-0.3, -0.25) is 4.79 Å². The summed E-state index contributed by atoms with van der Waals surface area (Å²) in [6, 6.07) is 10.6. The molecule has 2 aromatic rings. The van der Waals surface area contributed by atoms with Crippen LogP contribution in [-0.2, 0) is 9.47 Å². The molecule has 122 valence electrons. The minimum Gasteiger partial charge on any atom is -0.349 e. The van der Waals surface area contributed by atoms with Crippen LogP contribution in [0.2, 0.25) is 5.02 Å². The van der Waals surface area contributed by atoms with Crippen molar-refractivity contribution in [2.75, 3.05) is 13.2 Å². The predicted octanol–water partition coefficient (Wildman–Crippen LogP) is 4.78. The molecule has 0 bridgehead atoms. The van der Waals surface area contributed by atoms with Crippen LogP contribution in [-0.4, -0.2) is 19.0 Å². The summed E-state index contributed by atoms with van der Waals surface area (Å²) in [5.74, 6) is -0.998. The lowest BCUT2D eigenvalue weighted by Crippen LogP contribution is -2.15. The molecule has 2 aromatic carbocycles. The first-order valence-electron chi connectivity index (χ1n) is 7.40. The van der Waals surface area contributed by atoms with Gasteiger partial charge in [0.15, 0.2) is 12.1 Å². The Morgan fingerprint density at radius 2 is 1.74 bits per heavy atom. The molecule has 0 N–H and O–H groups in total. The molecule has 0 spiro atoms. The van der Waals surface area contributed by atoms with Crippen LogP contribution in [0.4, 0.5) is 4.39 Å². The van der Waals surface area contributed by atoms with Gasteiger partial charge < -0.3 is 9.47 Å². The summed E-state index contributed by atoms with van der Waals surface area (Å²) in [5, 5.41) is 0.453. The Hall–Kier alpha value is -1.75. The topological polar surface area (TPSA) is 35.5 Å². The maximum absolute atomic E-state index is 13.9. The lowest BCUT2D eigenvalue weighted by molar-refractivity contribution is -0.140. The van der Waals surface area contributed by atoms with Gasteiger partial charge >= 0.3 is 0 Å². The van der Waals surface area contributed by atoms with Gasteiger partial charge in [-0.25, -0.2) is 4.39 Å². The Kier molecular flexibility index (Phi) is 6.28. The molecule has 0 saturated heterocycles. The van der Waals surface area contributed by atoms with E-state index in [9.17, 15) is 9.18 Å². The number of ether oxygens (including phenoxy) is 2. The summed E-state index contributed by atoms with van der Waals surface area (Å²) < 4.78 is 25.0. The van der Waals surface area contributed by atoms with Crippen LogP contribution in [0.15, 0.2) is 42.5 Å². The van der Waals surface area contributed by atoms with Gasteiger partial charge in [0.1, 0.15) is 5.82 Å². The minimum atomic E-state index is -0.727. The fourth-order valence-electron chi connectivity index (χ4n) is 2.26. The monoisotopic (exact) mass is 336 g/mol. The van der Waals surface area contributed by atoms with Crippen molar-refractivity contribution in [2.45, 2.75) is 20.1 Å². The van der Waals surface area contributed by atoms with E-state index >= 15 is 0 Å². The number of carbonyl (C=O) groups is 1. The second-order valence-corrected chi connectivity index (χ2v) is 5.22. The van der Waals surface area contributed by atoms with Gasteiger partial charge in [-0.1, -0.05) is 23.7 Å². The van der Waals surface area contributed by atoms with Gasteiger partial charge in [0.05, 0.1) is 5.56 Å². The minimum absolute atomic E-state index is 0.00261. The van der Waals surface area contributed by atoms with E-state index in [1.165, 1.54) is 18.2 Å². The van der Waals surface area contributed by atoms with Crippen LogP contribution < -0.4 is 0 Å². The van der Waals surface area contributed by atoms with Gasteiger partial charge in [-0.2, -0.15) is 0 Å². The van der Waals surface area contributed by atoms with Crippen LogP contribution >= 0.6 is 11.6 Å². The summed E-state index contributed by atoms with van der Waals surface area (Å²) in [4.78, 5) is 12.7. The average Bonchev–Trinajstić information content (AvgIpc) is 2.54. The number of ketones is 1. The maximum Gasteiger partial charge on any atom is 0.196 e. The summed E-state index contributed by atoms with van der Waals surface area (Å²) in [5.41, 5.74) is 0.809. The molecular formula is C18H18ClFO3. The Balaban J connectivity index is 2.50. The average molecular weight is 337 g/mol. The number of hydrogen-bond acceptors (Lipinski definition) is 3. The standard InChI is InChI=1S/C18H18ClFO3/c1-3-22-18(23-4-2)15-11-12(19)9-10-13(15)17(21)14-7-5-6-8-16(14)20/h5-11,18H,3-4H2,1-2H3. The van der Waals surface area contributed by atoms with Crippen LogP contribution in [0, 0.1) is 5.82 Å². The summed E-state index contributed by atoms with van der Waals surface area (Å²) in [7, 11) is 0. The Morgan fingerprint density at radius 3 is 2.35 bits per heavy atom. The number of rotatable bonds is 7. The summed E-state index contributed by atoms with van der Waals surface area (Å²) in [6.07, 6.45) is -0.727. The molecule has 0 aliphatic rings. The van der Waals surface area contributed by atoms with E-state index < -0.39 is 17.9 Å². The van der Waals surface area contributed by atoms with Crippen molar-refractivity contribution in [3.05, 3.63) is 70.0 Å². The van der Waals surface area contributed by atoms with E-state index in [2.05, 4.69) is 0 Å². The molecule has 2 rings (SSSR count). The maximum atomic E-state index is 13.9. The molecule has 0 aromatic heterocycles. The van der Waals surface area contributed by atoms with Crippen LogP contribution in [0.3, 0.4) is 0 Å². The van der Waals surface area contributed by atoms with E-state index in [0.717, 1.165) is 0 Å². The Labute approximate surface area is 140 Å². The molecular weight excluding hydrogens is 319 g/mol. The second kappa shape index (κ2) is 8.20. The van der Waals surface area contributed by atoms with Crippen LogP contribution in [0.5, 0.6) is 0 Å². The third kappa shape index (κ3) is 4.16. The highest BCUT2D eigenvalue weighted by molar-refractivity contribution is 6.30. The molecule has 0 aliphatic carbocycles. The fraction of sp³-hybridized carbons (Fsp3) is 0.278. The normalized spacial score (nSPS) is 11.0. The molecule has 0 heterocycles. The second-order valence-electron chi connectivity index (χ2n) is 4.78. The van der Waals surface area contributed by atoms with Crippen molar-refractivity contribution in [3.8, 4) is 0 Å². The quantitative estimate of drug-likeness (QED) is 0.539. The zero-order valence-electron chi connectivity index (χ0n) is 13.0. The van der Waals surface area contributed by atoms with Crippen molar-refractivity contribution in [3.63, 3.8) is 0 Å². The van der Waals surface area contributed by atoms with E-state index in [1.54, 1.807) is 24.3 Å². The van der Waals surface area contributed by atoms with E-state index in [0.29, 0.717) is 29.4 Å². The van der Waals surface area contributed by atoms with Crippen LogP contribution in [0.25, 0.3) is 0 Å². The summed E-state index contributed by atoms with van der Waals surface area (Å²) >= 11 is 6.05. The van der Waals surface area contributed by atoms with Crippen LogP contribution in [0.1, 0.15) is 41.6 Å². The summed E-state index contributed by atoms with van der Waals surface area (Å²) in [6.45, 7) is 4.47. The smallest absolute Gasteiger partial charge is 0.196 e. The van der Waals surface area contributed by atoms with Gasteiger partial charge in [0.2, 0.25) is 0 Å². The van der Waals surface area contributed by atoms with Gasteiger partial charge in [-0.15, -0.1) is 0 Å². The highest BCUT2D eigenvalue weighted by Gasteiger charge is 2.23. The van der Waals surface area contributed by atoms with Crippen molar-refractivity contribution >= 4 is 17.4 Å². The van der Waals surface area contributed by atoms with E-state index in [4.69, 9.17) is 21.1 Å². The molecule has 5 heteroatoms. The SMILES string of the molecule is CCOC(OCC)c1cc(Cl)ccc1C(=O)c1ccccc1F. The molecule has 0 atom stereocenters. The van der Waals surface area contributed by atoms with Crippen molar-refractivity contribution in [1.82, 2.24) is 0 Å². The largest absolute Gasteiger partial charge is 0.349 e. The molecule has 0 unspecified atom stereocenters. The predicted molar refractivity (Wildman–Crippen MR) is 87.3 cm³/mol. The number of halogens is 2. The molecule has 0 saturated carbocycles. The molecule has 0 aliphatic heterocycles.